The molecule has 0 aliphatic heterocycles. The highest BCUT2D eigenvalue weighted by atomic mass is 32.2. The van der Waals surface area contributed by atoms with Crippen molar-refractivity contribution in [1.29, 1.82) is 0 Å². The lowest BCUT2D eigenvalue weighted by Gasteiger charge is -2.25. The molecule has 0 saturated carbocycles. The predicted molar refractivity (Wildman–Crippen MR) is 567 cm³/mol. The number of hydrogen-bond donors (Lipinski definition) is 0. The first-order valence-corrected chi connectivity index (χ1v) is 47.9. The Kier molecular flexibility index (Phi) is 25.5. The Morgan fingerprint density at radius 1 is 0.230 bits per heavy atom. The van der Waals surface area contributed by atoms with Crippen molar-refractivity contribution in [3.63, 3.8) is 0 Å². The lowest BCUT2D eigenvalue weighted by Crippen LogP contribution is -2.37. The van der Waals surface area contributed by atoms with Crippen LogP contribution in [0.5, 0.6) is 23.0 Å². The Balaban J connectivity index is 0.690. The fraction of sp³-hybridized carbons (Fsp3) is 0.0635. The van der Waals surface area contributed by atoms with Gasteiger partial charge < -0.3 is 28.4 Å². The van der Waals surface area contributed by atoms with Gasteiger partial charge in [0, 0.05) is 61.7 Å². The second-order valence-electron chi connectivity index (χ2n) is 34.6. The van der Waals surface area contributed by atoms with Crippen molar-refractivity contribution < 1.29 is 41.8 Å². The fourth-order valence-corrected chi connectivity index (χ4v) is 20.4. The molecule has 0 aliphatic carbocycles. The minimum atomic E-state index is -4.53. The number of ether oxygens (including phenoxy) is 6. The molecule has 0 fully saturated rings. The standard InChI is InChI=1S/C126H94N2O10S/c1-133-83-137-121-61-49-99-69-95(111-79-105(89-35-19-7-20-36-89)73-106(80-111)90-37-21-8-22-38-90)45-57-117(99)125(121)123-115-55-43-93(109-75-101(85-27-11-3-12-28-85)71-102(76-109)86-29-13-4-14-30-86)67-97(115)47-59-119(123)135-65-63-127(139(131,132)114-53-51-113(52-54-114)128(129)130)64-66-136-120-60-48-98-68-94(110-77-103(87-31-15-5-16-32-87)72-104(78-110)88-33-17-6-18-34-88)44-56-116(98)124(120)126-118-58-46-96(70-100(118)50-62-122(126)138-84-134-2)112-81-107(91-39-23-9-24-40-91)74-108(82-112)92-41-25-10-26-42-92/h3-62,67-82H,63-66,83-84H2,1-2H3. The largest absolute Gasteiger partial charge is 0.492 e. The van der Waals surface area contributed by atoms with Crippen LogP contribution >= 0.6 is 0 Å². The maximum Gasteiger partial charge on any atom is 0.269 e. The molecule has 0 unspecified atom stereocenters. The molecule has 12 nitrogen and oxygen atoms in total. The van der Waals surface area contributed by atoms with Crippen LogP contribution in [0.4, 0.5) is 5.69 Å². The minimum absolute atomic E-state index is 0.0783. The van der Waals surface area contributed by atoms with E-state index in [1.54, 1.807) is 14.2 Å². The number of nitrogens with zero attached hydrogens (tertiary/aromatic N) is 2. The summed E-state index contributed by atoms with van der Waals surface area (Å²) in [6.45, 7) is -0.960. The zero-order chi connectivity index (χ0) is 94.1. The Hall–Kier alpha value is -16.9. The summed E-state index contributed by atoms with van der Waals surface area (Å²) in [5.41, 5.74) is 28.0. The zero-order valence-corrected chi connectivity index (χ0v) is 77.3. The van der Waals surface area contributed by atoms with E-state index in [1.165, 1.54) is 28.6 Å². The topological polar surface area (TPSA) is 136 Å². The van der Waals surface area contributed by atoms with E-state index in [9.17, 15) is 10.1 Å². The van der Waals surface area contributed by atoms with Crippen LogP contribution in [-0.2, 0) is 19.5 Å². The molecular weight excluding hydrogens is 1730 g/mol. The average Bonchev–Trinajstić information content (AvgIpc) is 0.743. The summed E-state index contributed by atoms with van der Waals surface area (Å²) in [6, 6.07) is 158. The van der Waals surface area contributed by atoms with Crippen LogP contribution in [0.1, 0.15) is 0 Å². The summed E-state index contributed by atoms with van der Waals surface area (Å²) in [7, 11) is -1.34. The van der Waals surface area contributed by atoms with Gasteiger partial charge in [0.2, 0.25) is 10.0 Å². The summed E-state index contributed by atoms with van der Waals surface area (Å²) < 4.78 is 72.7. The number of rotatable bonds is 31. The Morgan fingerprint density at radius 2 is 0.439 bits per heavy atom. The van der Waals surface area contributed by atoms with Gasteiger partial charge in [-0.3, -0.25) is 10.1 Å². The second kappa shape index (κ2) is 39.9. The molecule has 0 amide bonds. The molecule has 139 heavy (non-hydrogen) atoms. The van der Waals surface area contributed by atoms with Crippen LogP contribution in [0.15, 0.2) is 466 Å². The Labute approximate surface area is 808 Å². The van der Waals surface area contributed by atoms with Crippen LogP contribution in [-0.4, -0.2) is 71.8 Å². The van der Waals surface area contributed by atoms with Gasteiger partial charge in [-0.05, 0) is 310 Å². The van der Waals surface area contributed by atoms with Crippen molar-refractivity contribution in [2.75, 3.05) is 54.1 Å². The van der Waals surface area contributed by atoms with Gasteiger partial charge in [-0.15, -0.1) is 0 Å². The normalized spacial score (nSPS) is 11.5. The van der Waals surface area contributed by atoms with E-state index >= 15 is 8.42 Å². The predicted octanol–water partition coefficient (Wildman–Crippen LogP) is 31.7. The van der Waals surface area contributed by atoms with Crippen LogP contribution in [0.25, 0.3) is 199 Å². The van der Waals surface area contributed by atoms with E-state index in [2.05, 4.69) is 364 Å². The molecule has 0 aliphatic rings. The minimum Gasteiger partial charge on any atom is -0.492 e. The van der Waals surface area contributed by atoms with Crippen molar-refractivity contribution in [3.05, 3.63) is 471 Å². The summed E-state index contributed by atoms with van der Waals surface area (Å²) >= 11 is 0. The van der Waals surface area contributed by atoms with Crippen LogP contribution in [0.2, 0.25) is 0 Å². The molecule has 13 heteroatoms. The number of nitro groups is 1. The summed E-state index contributed by atoms with van der Waals surface area (Å²) in [4.78, 5) is 11.6. The molecule has 0 saturated heterocycles. The average molecular weight is 1830 g/mol. The van der Waals surface area contributed by atoms with Crippen molar-refractivity contribution in [1.82, 2.24) is 4.31 Å². The summed E-state index contributed by atoms with van der Waals surface area (Å²) in [5.74, 6) is 1.94. The summed E-state index contributed by atoms with van der Waals surface area (Å²) in [6.07, 6.45) is 0. The highest BCUT2D eigenvalue weighted by molar-refractivity contribution is 7.89. The lowest BCUT2D eigenvalue weighted by atomic mass is 9.88. The third kappa shape index (κ3) is 18.9. The first-order valence-electron chi connectivity index (χ1n) is 46.4. The van der Waals surface area contributed by atoms with E-state index in [1.807, 2.05) is 72.8 Å². The molecule has 0 radical (unpaired) electrons. The molecule has 21 aromatic rings. The number of fused-ring (bicyclic) bond motifs is 4. The first kappa shape index (κ1) is 88.7. The third-order valence-electron chi connectivity index (χ3n) is 25.9. The maximum absolute atomic E-state index is 15.9. The fourth-order valence-electron chi connectivity index (χ4n) is 19.0. The lowest BCUT2D eigenvalue weighted by molar-refractivity contribution is -0.384. The van der Waals surface area contributed by atoms with E-state index in [0.29, 0.717) is 34.1 Å². The molecule has 0 aromatic heterocycles. The third-order valence-corrected chi connectivity index (χ3v) is 27.8. The zero-order valence-electron chi connectivity index (χ0n) is 76.5. The maximum atomic E-state index is 15.9. The number of hydrogen-bond acceptors (Lipinski definition) is 10. The summed E-state index contributed by atoms with van der Waals surface area (Å²) in [5, 5.41) is 19.3. The van der Waals surface area contributed by atoms with Crippen LogP contribution in [0, 0.1) is 10.1 Å². The quantitative estimate of drug-likeness (QED) is 0.0235. The van der Waals surface area contributed by atoms with Gasteiger partial charge in [0.05, 0.1) is 9.82 Å². The van der Waals surface area contributed by atoms with Crippen molar-refractivity contribution >= 4 is 58.8 Å². The van der Waals surface area contributed by atoms with E-state index in [4.69, 9.17) is 28.4 Å². The highest BCUT2D eigenvalue weighted by Gasteiger charge is 2.30. The number of sulfonamides is 1. The molecule has 21 aromatic carbocycles. The van der Waals surface area contributed by atoms with Crippen LogP contribution in [0.3, 0.4) is 0 Å². The van der Waals surface area contributed by atoms with Gasteiger partial charge in [-0.2, -0.15) is 4.31 Å². The molecule has 21 rings (SSSR count). The molecule has 0 spiro atoms. The SMILES string of the molecule is COCOc1ccc2cc(-c3cc(-c4ccccc4)cc(-c4ccccc4)c3)ccc2c1-c1c(OCCN(CCOc2ccc3cc(-c4cc(-c5ccccc5)cc(-c5ccccc5)c4)ccc3c2-c2c(OCOC)ccc3cc(-c4cc(-c5ccccc5)cc(-c5ccccc5)c4)ccc23)S(=O)(=O)c2ccc([N+](=O)[O-])cc2)ccc2cc(-c3cc(-c4ccccc4)cc(-c4ccccc4)c3)ccc12. The van der Waals surface area contributed by atoms with Gasteiger partial charge in [0.15, 0.2) is 13.6 Å². The monoisotopic (exact) mass is 1830 g/mol. The van der Waals surface area contributed by atoms with Gasteiger partial charge in [0.25, 0.3) is 5.69 Å². The highest BCUT2D eigenvalue weighted by Crippen LogP contribution is 2.51. The van der Waals surface area contributed by atoms with Crippen LogP contribution < -0.4 is 18.9 Å². The second-order valence-corrected chi connectivity index (χ2v) is 36.5. The van der Waals surface area contributed by atoms with Crippen molar-refractivity contribution in [3.8, 4) is 179 Å². The first-order chi connectivity index (χ1) is 68.4. The Morgan fingerprint density at radius 3 is 0.647 bits per heavy atom. The molecule has 0 heterocycles. The molecule has 0 atom stereocenters. The molecular formula is C126H94N2O10S. The number of benzene rings is 21. The molecule has 0 N–H and O–H groups in total. The van der Waals surface area contributed by atoms with E-state index in [-0.39, 0.29) is 50.5 Å². The van der Waals surface area contributed by atoms with Gasteiger partial charge in [0.1, 0.15) is 36.2 Å². The van der Waals surface area contributed by atoms with Gasteiger partial charge >= 0.3 is 0 Å². The number of methoxy groups -OCH3 is 2. The van der Waals surface area contributed by atoms with Crippen molar-refractivity contribution in [2.45, 2.75) is 4.90 Å². The van der Waals surface area contributed by atoms with Crippen molar-refractivity contribution in [2.24, 2.45) is 0 Å². The number of non-ortho nitro benzene ring substituents is 1. The van der Waals surface area contributed by atoms with Gasteiger partial charge in [-0.25, -0.2) is 8.42 Å². The van der Waals surface area contributed by atoms with Gasteiger partial charge in [-0.1, -0.05) is 315 Å². The molecule has 674 valence electrons. The Bertz CT molecular complexity index is 7550. The van der Waals surface area contributed by atoms with E-state index in [0.717, 1.165) is 188 Å². The number of nitro benzene ring substituents is 1. The molecule has 0 bridgehead atoms. The smallest absolute Gasteiger partial charge is 0.269 e. The van der Waals surface area contributed by atoms with E-state index < -0.39 is 14.9 Å².